The smallest absolute Gasteiger partial charge is 0.137 e. The molecule has 5 heteroatoms. The van der Waals surface area contributed by atoms with Crippen LogP contribution in [0.25, 0.3) is 0 Å². The van der Waals surface area contributed by atoms with Gasteiger partial charge < -0.3 is 14.5 Å². The van der Waals surface area contributed by atoms with Crippen LogP contribution in [0.3, 0.4) is 0 Å². The lowest BCUT2D eigenvalue weighted by atomic mass is 10.0. The molecule has 0 aromatic carbocycles. The summed E-state index contributed by atoms with van der Waals surface area (Å²) in [5.74, 6) is 0.975. The van der Waals surface area contributed by atoms with Gasteiger partial charge in [0, 0.05) is 13.1 Å². The normalized spacial score (nSPS) is 25.5. The maximum atomic E-state index is 5.90. The molecule has 0 aliphatic carbocycles. The first kappa shape index (κ1) is 14.1. The quantitative estimate of drug-likeness (QED) is 0.905. The number of nitrogens with one attached hydrogen (secondary N) is 1. The van der Waals surface area contributed by atoms with E-state index in [1.54, 1.807) is 6.26 Å². The Morgan fingerprint density at radius 3 is 3.00 bits per heavy atom. The summed E-state index contributed by atoms with van der Waals surface area (Å²) in [6.45, 7) is 5.86. The molecule has 1 saturated heterocycles. The first-order valence-corrected chi connectivity index (χ1v) is 7.30. The molecule has 2 heterocycles. The van der Waals surface area contributed by atoms with Gasteiger partial charge >= 0.3 is 0 Å². The molecule has 0 radical (unpaired) electrons. The van der Waals surface area contributed by atoms with E-state index < -0.39 is 0 Å². The fourth-order valence-electron chi connectivity index (χ4n) is 2.55. The maximum absolute atomic E-state index is 5.90. The highest BCUT2D eigenvalue weighted by Crippen LogP contribution is 2.34. The van der Waals surface area contributed by atoms with Crippen LogP contribution in [0.15, 0.2) is 21.2 Å². The Kier molecular flexibility index (Phi) is 5.24. The van der Waals surface area contributed by atoms with E-state index in [0.717, 1.165) is 42.9 Å². The van der Waals surface area contributed by atoms with Crippen LogP contribution in [0, 0.1) is 0 Å². The fraction of sp³-hybridized carbons (Fsp3) is 0.692. The van der Waals surface area contributed by atoms with Gasteiger partial charge in [0.25, 0.3) is 0 Å². The molecule has 1 aromatic heterocycles. The summed E-state index contributed by atoms with van der Waals surface area (Å²) in [5, 5.41) is 3.20. The Morgan fingerprint density at radius 2 is 2.39 bits per heavy atom. The Morgan fingerprint density at radius 1 is 1.56 bits per heavy atom. The zero-order valence-corrected chi connectivity index (χ0v) is 12.6. The predicted octanol–water partition coefficient (Wildman–Crippen LogP) is 2.41. The van der Waals surface area contributed by atoms with E-state index in [0.29, 0.717) is 0 Å². The molecule has 1 fully saturated rings. The van der Waals surface area contributed by atoms with Gasteiger partial charge in [-0.2, -0.15) is 0 Å². The van der Waals surface area contributed by atoms with E-state index in [1.807, 2.05) is 13.1 Å². The van der Waals surface area contributed by atoms with Crippen molar-refractivity contribution >= 4 is 15.9 Å². The molecule has 1 aromatic rings. The minimum Gasteiger partial charge on any atom is -0.466 e. The first-order chi connectivity index (χ1) is 8.77. The lowest BCUT2D eigenvalue weighted by molar-refractivity contribution is -0.0769. The minimum atomic E-state index is 0.137. The van der Waals surface area contributed by atoms with Gasteiger partial charge in [0.2, 0.25) is 0 Å². The lowest BCUT2D eigenvalue weighted by Crippen LogP contribution is -2.48. The van der Waals surface area contributed by atoms with E-state index in [2.05, 4.69) is 33.1 Å². The van der Waals surface area contributed by atoms with Gasteiger partial charge in [-0.15, -0.1) is 0 Å². The van der Waals surface area contributed by atoms with Crippen molar-refractivity contribution in [1.82, 2.24) is 10.2 Å². The van der Waals surface area contributed by atoms with Crippen LogP contribution >= 0.6 is 15.9 Å². The first-order valence-electron chi connectivity index (χ1n) is 6.51. The molecule has 4 nitrogen and oxygen atoms in total. The van der Waals surface area contributed by atoms with Crippen LogP contribution in [0.1, 0.15) is 25.1 Å². The number of halogens is 1. The highest BCUT2D eigenvalue weighted by atomic mass is 79.9. The molecule has 102 valence electrons. The largest absolute Gasteiger partial charge is 0.466 e. The third-order valence-electron chi connectivity index (χ3n) is 3.29. The molecule has 2 unspecified atom stereocenters. The standard InChI is InChI=1S/C13H21BrN2O2/c1-3-5-16-6-8-17-11(9-15-2)12(16)13-10(14)4-7-18-13/h4,7,11-12,15H,3,5-6,8-9H2,1-2H3. The summed E-state index contributed by atoms with van der Waals surface area (Å²) < 4.78 is 12.6. The second-order valence-corrected chi connectivity index (χ2v) is 5.43. The Hall–Kier alpha value is -0.360. The molecule has 0 bridgehead atoms. The molecule has 1 aliphatic heterocycles. The molecule has 2 atom stereocenters. The summed E-state index contributed by atoms with van der Waals surface area (Å²) in [6.07, 6.45) is 3.01. The third-order valence-corrected chi connectivity index (χ3v) is 3.94. The summed E-state index contributed by atoms with van der Waals surface area (Å²) in [5.41, 5.74) is 0. The molecule has 2 rings (SSSR count). The number of hydrogen-bond donors (Lipinski definition) is 1. The summed E-state index contributed by atoms with van der Waals surface area (Å²) in [6, 6.07) is 2.14. The summed E-state index contributed by atoms with van der Waals surface area (Å²) in [4.78, 5) is 2.45. The number of hydrogen-bond acceptors (Lipinski definition) is 4. The van der Waals surface area contributed by atoms with Gasteiger partial charge in [0.15, 0.2) is 0 Å². The van der Waals surface area contributed by atoms with Crippen LogP contribution in [0.4, 0.5) is 0 Å². The van der Waals surface area contributed by atoms with Crippen LogP contribution in [0.5, 0.6) is 0 Å². The van der Waals surface area contributed by atoms with Crippen molar-refractivity contribution in [3.63, 3.8) is 0 Å². The maximum Gasteiger partial charge on any atom is 0.137 e. The molecule has 0 spiro atoms. The van der Waals surface area contributed by atoms with Crippen LogP contribution in [0.2, 0.25) is 0 Å². The van der Waals surface area contributed by atoms with Gasteiger partial charge in [-0.1, -0.05) is 6.92 Å². The monoisotopic (exact) mass is 316 g/mol. The summed E-state index contributed by atoms with van der Waals surface area (Å²) in [7, 11) is 1.95. The summed E-state index contributed by atoms with van der Waals surface area (Å²) >= 11 is 3.56. The van der Waals surface area contributed by atoms with Gasteiger partial charge in [-0.05, 0) is 42.0 Å². The molecule has 0 saturated carbocycles. The number of rotatable bonds is 5. The third kappa shape index (κ3) is 2.96. The van der Waals surface area contributed by atoms with E-state index in [1.165, 1.54) is 0 Å². The second kappa shape index (κ2) is 6.70. The van der Waals surface area contributed by atoms with Crippen molar-refractivity contribution in [1.29, 1.82) is 0 Å². The molecular formula is C13H21BrN2O2. The molecule has 0 amide bonds. The van der Waals surface area contributed by atoms with E-state index in [-0.39, 0.29) is 12.1 Å². The number of furan rings is 1. The number of morpholine rings is 1. The van der Waals surface area contributed by atoms with Crippen LogP contribution < -0.4 is 5.32 Å². The van der Waals surface area contributed by atoms with Crippen molar-refractivity contribution < 1.29 is 9.15 Å². The fourth-order valence-corrected chi connectivity index (χ4v) is 2.98. The van der Waals surface area contributed by atoms with Crippen molar-refractivity contribution in [2.24, 2.45) is 0 Å². The van der Waals surface area contributed by atoms with Crippen molar-refractivity contribution in [3.8, 4) is 0 Å². The molecular weight excluding hydrogens is 296 g/mol. The van der Waals surface area contributed by atoms with E-state index >= 15 is 0 Å². The second-order valence-electron chi connectivity index (χ2n) is 4.58. The Labute approximate surface area is 117 Å². The molecule has 18 heavy (non-hydrogen) atoms. The topological polar surface area (TPSA) is 37.6 Å². The zero-order chi connectivity index (χ0) is 13.0. The highest BCUT2D eigenvalue weighted by Gasteiger charge is 2.35. The predicted molar refractivity (Wildman–Crippen MR) is 74.7 cm³/mol. The average Bonchev–Trinajstić information content (AvgIpc) is 2.77. The van der Waals surface area contributed by atoms with Crippen molar-refractivity contribution in [2.45, 2.75) is 25.5 Å². The minimum absolute atomic E-state index is 0.137. The average molecular weight is 317 g/mol. The Balaban J connectivity index is 2.23. The number of ether oxygens (including phenoxy) is 1. The zero-order valence-electron chi connectivity index (χ0n) is 11.0. The SMILES string of the molecule is CCCN1CCOC(CNC)C1c1occc1Br. The van der Waals surface area contributed by atoms with Gasteiger partial charge in [0.1, 0.15) is 5.76 Å². The number of nitrogens with zero attached hydrogens (tertiary/aromatic N) is 1. The number of likely N-dealkylation sites (N-methyl/N-ethyl adjacent to an activating group) is 1. The van der Waals surface area contributed by atoms with E-state index in [9.17, 15) is 0 Å². The molecule has 1 aliphatic rings. The van der Waals surface area contributed by atoms with Crippen molar-refractivity contribution in [3.05, 3.63) is 22.6 Å². The van der Waals surface area contributed by atoms with Gasteiger partial charge in [-0.3, -0.25) is 4.90 Å². The highest BCUT2D eigenvalue weighted by molar-refractivity contribution is 9.10. The van der Waals surface area contributed by atoms with Crippen LogP contribution in [-0.4, -0.2) is 44.3 Å². The molecule has 1 N–H and O–H groups in total. The lowest BCUT2D eigenvalue weighted by Gasteiger charge is -2.40. The van der Waals surface area contributed by atoms with E-state index in [4.69, 9.17) is 9.15 Å². The Bertz CT molecular complexity index is 352. The van der Waals surface area contributed by atoms with Crippen molar-refractivity contribution in [2.75, 3.05) is 33.3 Å². The van der Waals surface area contributed by atoms with Gasteiger partial charge in [-0.25, -0.2) is 0 Å². The van der Waals surface area contributed by atoms with Crippen LogP contribution in [-0.2, 0) is 4.74 Å². The van der Waals surface area contributed by atoms with Gasteiger partial charge in [0.05, 0.1) is 29.5 Å².